The van der Waals surface area contributed by atoms with Gasteiger partial charge in [-0.2, -0.15) is 0 Å². The predicted octanol–water partition coefficient (Wildman–Crippen LogP) is -2.29. The number of halogens is 2. The van der Waals surface area contributed by atoms with E-state index in [0.29, 0.717) is 0 Å². The van der Waals surface area contributed by atoms with E-state index in [1.54, 1.807) is 6.92 Å². The smallest absolute Gasteiger partial charge is 0.317 e. The summed E-state index contributed by atoms with van der Waals surface area (Å²) in [5.41, 5.74) is 0.178. The summed E-state index contributed by atoms with van der Waals surface area (Å²) in [5, 5.41) is 0.125. The van der Waals surface area contributed by atoms with E-state index in [1.807, 2.05) is 0 Å². The molecule has 172 valence electrons. The van der Waals surface area contributed by atoms with E-state index in [0.717, 1.165) is 37.1 Å². The summed E-state index contributed by atoms with van der Waals surface area (Å²) in [6.07, 6.45) is 2.75. The molecule has 0 spiro atoms. The average molecular weight is 493 g/mol. The topological polar surface area (TPSA) is 111 Å². The largest absolute Gasteiger partial charge is 1.00 e. The van der Waals surface area contributed by atoms with Gasteiger partial charge < -0.3 is 22.0 Å². The number of carbonyl (C=O) groups is 3. The summed E-state index contributed by atoms with van der Waals surface area (Å²) in [6.45, 7) is 3.47. The van der Waals surface area contributed by atoms with Crippen molar-refractivity contribution in [3.8, 4) is 0 Å². The van der Waals surface area contributed by atoms with E-state index in [9.17, 15) is 22.8 Å². The van der Waals surface area contributed by atoms with E-state index in [2.05, 4.69) is 4.72 Å². The molecular formula is C20H26Cl2N2O6S. The van der Waals surface area contributed by atoms with Crippen LogP contribution in [0.5, 0.6) is 0 Å². The molecule has 3 fully saturated rings. The fourth-order valence-electron chi connectivity index (χ4n) is 4.34. The monoisotopic (exact) mass is 492 g/mol. The van der Waals surface area contributed by atoms with Crippen LogP contribution in [0.3, 0.4) is 0 Å². The number of hydrogen-bond acceptors (Lipinski definition) is 6. The molecule has 3 saturated heterocycles. The number of Topliss-reactive ketones (excluding diaryl/α,β-unsaturated/α-hetero) is 2. The standard InChI is InChI=1S/C20H25ClN2O6S.ClH/c1-3-29-20(26)14(11-17-19(25)12-6-8-23(17)9-7-12)18(24)13-4-5-15(21)16(10-13)22-30(2,27)28;/h4-5,10,12,14,17,22H,3,6-9,11H2,1-2H3;1H. The molecule has 3 heterocycles. The minimum Gasteiger partial charge on any atom is -1.00 e. The Bertz CT molecular complexity index is 960. The van der Waals surface area contributed by atoms with Crippen LogP contribution in [-0.2, 0) is 24.3 Å². The zero-order valence-electron chi connectivity index (χ0n) is 17.3. The van der Waals surface area contributed by atoms with Crippen molar-refractivity contribution < 1.29 is 44.8 Å². The summed E-state index contributed by atoms with van der Waals surface area (Å²) >= 11 is 6.04. The second-order valence-corrected chi connectivity index (χ2v) is 10.0. The minimum absolute atomic E-state index is 0. The van der Waals surface area contributed by atoms with E-state index in [-0.39, 0.29) is 53.4 Å². The van der Waals surface area contributed by atoms with E-state index in [1.165, 1.54) is 18.2 Å². The Hall–Kier alpha value is -1.68. The summed E-state index contributed by atoms with van der Waals surface area (Å²) in [7, 11) is -3.61. The molecule has 3 aliphatic rings. The number of nitrogens with one attached hydrogen (secondary N) is 2. The van der Waals surface area contributed by atoms with Gasteiger partial charge in [0.2, 0.25) is 10.0 Å². The normalized spacial score (nSPS) is 23.6. The van der Waals surface area contributed by atoms with Gasteiger partial charge in [0.15, 0.2) is 11.6 Å². The van der Waals surface area contributed by atoms with Crippen molar-refractivity contribution in [2.75, 3.05) is 30.7 Å². The van der Waals surface area contributed by atoms with Crippen LogP contribution in [0, 0.1) is 11.8 Å². The molecule has 8 nitrogen and oxygen atoms in total. The lowest BCUT2D eigenvalue weighted by Crippen LogP contribution is -3.20. The molecule has 0 aromatic heterocycles. The van der Waals surface area contributed by atoms with Crippen LogP contribution in [0.25, 0.3) is 0 Å². The molecule has 31 heavy (non-hydrogen) atoms. The van der Waals surface area contributed by atoms with Crippen molar-refractivity contribution in [1.29, 1.82) is 0 Å². The Kier molecular flexibility index (Phi) is 8.49. The number of rotatable bonds is 8. The third-order valence-corrected chi connectivity index (χ3v) is 6.69. The number of quaternary nitrogens is 1. The highest BCUT2D eigenvalue weighted by molar-refractivity contribution is 7.92. The van der Waals surface area contributed by atoms with Gasteiger partial charge in [0, 0.05) is 30.7 Å². The molecule has 0 amide bonds. The van der Waals surface area contributed by atoms with Crippen LogP contribution in [-0.4, -0.2) is 57.9 Å². The maximum Gasteiger partial charge on any atom is 0.317 e. The summed E-state index contributed by atoms with van der Waals surface area (Å²) in [5.74, 6) is -2.22. The second-order valence-electron chi connectivity index (χ2n) is 7.86. The molecule has 0 saturated carbocycles. The van der Waals surface area contributed by atoms with Crippen molar-refractivity contribution >= 4 is 44.8 Å². The van der Waals surface area contributed by atoms with Crippen molar-refractivity contribution in [3.05, 3.63) is 28.8 Å². The maximum atomic E-state index is 13.2. The Labute approximate surface area is 193 Å². The first-order chi connectivity index (χ1) is 14.1. The Morgan fingerprint density at radius 2 is 1.94 bits per heavy atom. The molecular weight excluding hydrogens is 467 g/mol. The van der Waals surface area contributed by atoms with Gasteiger partial charge in [-0.15, -0.1) is 0 Å². The third kappa shape index (κ3) is 5.97. The lowest BCUT2D eigenvalue weighted by molar-refractivity contribution is -0.928. The number of ketones is 2. The molecule has 11 heteroatoms. The van der Waals surface area contributed by atoms with Crippen molar-refractivity contribution in [2.45, 2.75) is 32.2 Å². The Morgan fingerprint density at radius 1 is 1.29 bits per heavy atom. The van der Waals surface area contributed by atoms with E-state index < -0.39 is 33.7 Å². The number of benzene rings is 1. The number of fused-ring (bicyclic) bond motifs is 3. The fraction of sp³-hybridized carbons (Fsp3) is 0.550. The van der Waals surface area contributed by atoms with Crippen LogP contribution >= 0.6 is 11.6 Å². The van der Waals surface area contributed by atoms with Crippen molar-refractivity contribution in [3.63, 3.8) is 0 Å². The molecule has 2 atom stereocenters. The van der Waals surface area contributed by atoms with Crippen LogP contribution in [0.2, 0.25) is 5.02 Å². The van der Waals surface area contributed by atoms with Gasteiger partial charge in [0.1, 0.15) is 12.0 Å². The highest BCUT2D eigenvalue weighted by atomic mass is 35.5. The minimum atomic E-state index is -3.61. The molecule has 2 unspecified atom stereocenters. The quantitative estimate of drug-likeness (QED) is 0.240. The first-order valence-electron chi connectivity index (χ1n) is 9.97. The number of carbonyl (C=O) groups excluding carboxylic acids is 3. The Morgan fingerprint density at radius 3 is 2.48 bits per heavy atom. The zero-order chi connectivity index (χ0) is 22.1. The average Bonchev–Trinajstić information content (AvgIpc) is 2.68. The lowest BCUT2D eigenvalue weighted by atomic mass is 9.78. The lowest BCUT2D eigenvalue weighted by Gasteiger charge is -2.41. The van der Waals surface area contributed by atoms with Gasteiger partial charge in [-0.05, 0) is 25.1 Å². The molecule has 2 N–H and O–H groups in total. The number of sulfonamides is 1. The molecule has 1 aromatic rings. The van der Waals surface area contributed by atoms with Gasteiger partial charge in [0.05, 0.1) is 36.7 Å². The van der Waals surface area contributed by atoms with Gasteiger partial charge in [-0.1, -0.05) is 11.6 Å². The second kappa shape index (κ2) is 10.3. The fourth-order valence-corrected chi connectivity index (χ4v) is 5.13. The van der Waals surface area contributed by atoms with Gasteiger partial charge in [-0.25, -0.2) is 8.42 Å². The van der Waals surface area contributed by atoms with Crippen molar-refractivity contribution in [1.82, 2.24) is 0 Å². The van der Waals surface area contributed by atoms with Crippen LogP contribution < -0.4 is 22.0 Å². The first-order valence-corrected chi connectivity index (χ1v) is 12.2. The number of ether oxygens (including phenoxy) is 1. The number of esters is 1. The zero-order valence-corrected chi connectivity index (χ0v) is 19.6. The number of hydrogen-bond donors (Lipinski definition) is 2. The highest BCUT2D eigenvalue weighted by Gasteiger charge is 2.47. The SMILES string of the molecule is CCOC(=O)C(CC1C(=O)C2CC[NH+]1CC2)C(=O)c1ccc(Cl)c(NS(C)(=O)=O)c1.[Cl-]. The molecule has 2 bridgehead atoms. The number of piperidine rings is 3. The predicted molar refractivity (Wildman–Crippen MR) is 111 cm³/mol. The van der Waals surface area contributed by atoms with E-state index >= 15 is 0 Å². The summed E-state index contributed by atoms with van der Waals surface area (Å²) < 4.78 is 30.5. The van der Waals surface area contributed by atoms with Crippen molar-refractivity contribution in [2.24, 2.45) is 11.8 Å². The Balaban J connectivity index is 0.00000341. The van der Waals surface area contributed by atoms with Gasteiger partial charge in [-0.3, -0.25) is 19.1 Å². The summed E-state index contributed by atoms with van der Waals surface area (Å²) in [6, 6.07) is 3.73. The molecule has 0 radical (unpaired) electrons. The van der Waals surface area contributed by atoms with Crippen LogP contribution in [0.15, 0.2) is 18.2 Å². The van der Waals surface area contributed by atoms with Gasteiger partial charge >= 0.3 is 5.97 Å². The maximum absolute atomic E-state index is 13.2. The number of anilines is 1. The van der Waals surface area contributed by atoms with Crippen LogP contribution in [0.4, 0.5) is 5.69 Å². The summed E-state index contributed by atoms with van der Waals surface area (Å²) in [4.78, 5) is 39.7. The van der Waals surface area contributed by atoms with Crippen LogP contribution in [0.1, 0.15) is 36.5 Å². The molecule has 3 aliphatic heterocycles. The molecule has 0 aliphatic carbocycles. The van der Waals surface area contributed by atoms with Gasteiger partial charge in [0.25, 0.3) is 0 Å². The van der Waals surface area contributed by atoms with E-state index in [4.69, 9.17) is 16.3 Å². The molecule has 4 rings (SSSR count). The highest BCUT2D eigenvalue weighted by Crippen LogP contribution is 2.28. The first kappa shape index (κ1) is 25.6. The third-order valence-electron chi connectivity index (χ3n) is 5.77. The molecule has 1 aromatic carbocycles.